The highest BCUT2D eigenvalue weighted by atomic mass is 16.5. The predicted octanol–water partition coefficient (Wildman–Crippen LogP) is 4.19. The van der Waals surface area contributed by atoms with Gasteiger partial charge in [-0.05, 0) is 43.2 Å². The third-order valence-corrected chi connectivity index (χ3v) is 5.56. The van der Waals surface area contributed by atoms with E-state index in [1.807, 2.05) is 30.3 Å². The average molecular weight is 413 g/mol. The van der Waals surface area contributed by atoms with Crippen LogP contribution in [0.5, 0.6) is 0 Å². The van der Waals surface area contributed by atoms with Crippen LogP contribution >= 0.6 is 0 Å². The topological polar surface area (TPSA) is 85.5 Å². The fraction of sp³-hybridized carbons (Fsp3) is 0.167. The van der Waals surface area contributed by atoms with Gasteiger partial charge in [-0.1, -0.05) is 35.5 Å². The Balaban J connectivity index is 1.60. The molecule has 1 amide bonds. The number of hydrogen-bond acceptors (Lipinski definition) is 6. The van der Waals surface area contributed by atoms with E-state index in [1.165, 1.54) is 7.11 Å². The summed E-state index contributed by atoms with van der Waals surface area (Å²) in [4.78, 5) is 31.8. The van der Waals surface area contributed by atoms with Crippen LogP contribution in [0.1, 0.15) is 32.0 Å². The molecule has 0 bridgehead atoms. The lowest BCUT2D eigenvalue weighted by atomic mass is 10.0. The number of benzene rings is 2. The van der Waals surface area contributed by atoms with Gasteiger partial charge in [-0.15, -0.1) is 0 Å². The molecule has 3 heterocycles. The van der Waals surface area contributed by atoms with Gasteiger partial charge in [0, 0.05) is 17.8 Å². The van der Waals surface area contributed by atoms with Crippen LogP contribution in [-0.2, 0) is 11.2 Å². The second-order valence-electron chi connectivity index (χ2n) is 7.41. The Morgan fingerprint density at radius 2 is 1.90 bits per heavy atom. The van der Waals surface area contributed by atoms with Crippen LogP contribution in [0, 0.1) is 6.92 Å². The quantitative estimate of drug-likeness (QED) is 0.468. The Kier molecular flexibility index (Phi) is 4.51. The molecule has 2 aromatic carbocycles. The van der Waals surface area contributed by atoms with Crippen LogP contribution < -0.4 is 4.90 Å². The normalized spacial score (nSPS) is 12.8. The molecule has 0 spiro atoms. The van der Waals surface area contributed by atoms with E-state index in [1.54, 1.807) is 36.1 Å². The smallest absolute Gasteiger partial charge is 0.337 e. The maximum atomic E-state index is 13.7. The van der Waals surface area contributed by atoms with E-state index < -0.39 is 5.97 Å². The van der Waals surface area contributed by atoms with Gasteiger partial charge < -0.3 is 14.2 Å². The molecular formula is C24H19N3O4. The molecule has 31 heavy (non-hydrogen) atoms. The van der Waals surface area contributed by atoms with Gasteiger partial charge in [-0.25, -0.2) is 9.78 Å². The second-order valence-corrected chi connectivity index (χ2v) is 7.41. The van der Waals surface area contributed by atoms with Crippen molar-refractivity contribution < 1.29 is 18.8 Å². The summed E-state index contributed by atoms with van der Waals surface area (Å²) in [5, 5.41) is 4.64. The van der Waals surface area contributed by atoms with Crippen LogP contribution in [0.4, 0.5) is 5.69 Å². The molecule has 1 aliphatic heterocycles. The molecule has 0 fully saturated rings. The summed E-state index contributed by atoms with van der Waals surface area (Å²) in [6.07, 6.45) is 0.661. The number of nitrogens with zero attached hydrogens (tertiary/aromatic N) is 3. The van der Waals surface area contributed by atoms with Crippen LogP contribution in [0.3, 0.4) is 0 Å². The van der Waals surface area contributed by atoms with E-state index in [-0.39, 0.29) is 5.91 Å². The first-order valence-electron chi connectivity index (χ1n) is 9.92. The van der Waals surface area contributed by atoms with Crippen LogP contribution in [0.2, 0.25) is 0 Å². The van der Waals surface area contributed by atoms with E-state index in [0.29, 0.717) is 46.6 Å². The summed E-state index contributed by atoms with van der Waals surface area (Å²) in [6, 6.07) is 16.7. The third kappa shape index (κ3) is 3.15. The van der Waals surface area contributed by atoms with E-state index in [4.69, 9.17) is 9.26 Å². The van der Waals surface area contributed by atoms with E-state index in [9.17, 15) is 9.59 Å². The highest BCUT2D eigenvalue weighted by Gasteiger charge is 2.29. The molecule has 0 atom stereocenters. The average Bonchev–Trinajstić information content (AvgIpc) is 3.41. The first kappa shape index (κ1) is 19.0. The van der Waals surface area contributed by atoms with Gasteiger partial charge in [0.05, 0.1) is 35.0 Å². The number of carbonyl (C=O) groups excluding carboxylic acids is 2. The van der Waals surface area contributed by atoms with Crippen molar-refractivity contribution in [3.63, 3.8) is 0 Å². The third-order valence-electron chi connectivity index (χ3n) is 5.56. The minimum absolute atomic E-state index is 0.152. The van der Waals surface area contributed by atoms with Gasteiger partial charge >= 0.3 is 5.97 Å². The predicted molar refractivity (Wildman–Crippen MR) is 115 cm³/mol. The first-order chi connectivity index (χ1) is 15.1. The Morgan fingerprint density at radius 3 is 2.68 bits per heavy atom. The maximum Gasteiger partial charge on any atom is 0.337 e. The van der Waals surface area contributed by atoms with E-state index >= 15 is 0 Å². The molecule has 0 aliphatic carbocycles. The SMILES string of the molecule is COC(=O)c1ccc2c(c1)CCN2C(=O)c1cc(-c2ccccc2)nc2onc(C)c12. The molecule has 0 radical (unpaired) electrons. The van der Waals surface area contributed by atoms with Crippen LogP contribution in [-0.4, -0.2) is 35.7 Å². The monoisotopic (exact) mass is 413 g/mol. The Labute approximate surface area is 178 Å². The molecular weight excluding hydrogens is 394 g/mol. The number of hydrogen-bond donors (Lipinski definition) is 0. The van der Waals surface area contributed by atoms with Crippen molar-refractivity contribution in [3.05, 3.63) is 77.0 Å². The van der Waals surface area contributed by atoms with Crippen molar-refractivity contribution in [3.8, 4) is 11.3 Å². The fourth-order valence-corrected chi connectivity index (χ4v) is 4.02. The van der Waals surface area contributed by atoms with Crippen molar-refractivity contribution in [2.75, 3.05) is 18.6 Å². The Hall–Kier alpha value is -4.00. The van der Waals surface area contributed by atoms with E-state index in [2.05, 4.69) is 10.1 Å². The number of anilines is 1. The number of rotatable bonds is 3. The highest BCUT2D eigenvalue weighted by Crippen LogP contribution is 2.33. The zero-order valence-electron chi connectivity index (χ0n) is 17.1. The number of fused-ring (bicyclic) bond motifs is 2. The Morgan fingerprint density at radius 1 is 1.10 bits per heavy atom. The minimum atomic E-state index is -0.393. The molecule has 154 valence electrons. The van der Waals surface area contributed by atoms with Crippen molar-refractivity contribution in [1.29, 1.82) is 0 Å². The lowest BCUT2D eigenvalue weighted by Crippen LogP contribution is -2.29. The summed E-state index contributed by atoms with van der Waals surface area (Å²) in [6.45, 7) is 2.32. The van der Waals surface area contributed by atoms with Crippen LogP contribution in [0.25, 0.3) is 22.4 Å². The summed E-state index contributed by atoms with van der Waals surface area (Å²) in [5.74, 6) is -0.545. The van der Waals surface area contributed by atoms with Crippen LogP contribution in [0.15, 0.2) is 59.1 Å². The zero-order chi connectivity index (χ0) is 21.5. The molecule has 4 aromatic rings. The number of amides is 1. The molecule has 0 saturated carbocycles. The number of pyridine rings is 1. The highest BCUT2D eigenvalue weighted by molar-refractivity contribution is 6.15. The summed E-state index contributed by atoms with van der Waals surface area (Å²) in [5.41, 5.74) is 5.18. The zero-order valence-corrected chi connectivity index (χ0v) is 17.1. The lowest BCUT2D eigenvalue weighted by Gasteiger charge is -2.18. The molecule has 0 saturated heterocycles. The maximum absolute atomic E-state index is 13.7. The van der Waals surface area contributed by atoms with Crippen molar-refractivity contribution in [2.24, 2.45) is 0 Å². The van der Waals surface area contributed by atoms with Gasteiger partial charge in [0.2, 0.25) is 0 Å². The lowest BCUT2D eigenvalue weighted by molar-refractivity contribution is 0.0600. The number of carbonyl (C=O) groups is 2. The first-order valence-corrected chi connectivity index (χ1v) is 9.92. The number of ether oxygens (including phenoxy) is 1. The Bertz CT molecular complexity index is 1330. The van der Waals surface area contributed by atoms with Crippen molar-refractivity contribution in [2.45, 2.75) is 13.3 Å². The largest absolute Gasteiger partial charge is 0.465 e. The fourth-order valence-electron chi connectivity index (χ4n) is 4.02. The summed E-state index contributed by atoms with van der Waals surface area (Å²) in [7, 11) is 1.35. The molecule has 1 aliphatic rings. The number of aryl methyl sites for hydroxylation is 1. The van der Waals surface area contributed by atoms with Crippen molar-refractivity contribution in [1.82, 2.24) is 10.1 Å². The van der Waals surface area contributed by atoms with Gasteiger partial charge in [0.1, 0.15) is 0 Å². The number of methoxy groups -OCH3 is 1. The molecule has 0 unspecified atom stereocenters. The number of aromatic nitrogens is 2. The summed E-state index contributed by atoms with van der Waals surface area (Å²) >= 11 is 0. The van der Waals surface area contributed by atoms with E-state index in [0.717, 1.165) is 16.8 Å². The van der Waals surface area contributed by atoms with Gasteiger partial charge in [0.25, 0.3) is 11.6 Å². The van der Waals surface area contributed by atoms with Gasteiger partial charge in [0.15, 0.2) is 0 Å². The molecule has 7 nitrogen and oxygen atoms in total. The molecule has 0 N–H and O–H groups in total. The molecule has 7 heteroatoms. The van der Waals surface area contributed by atoms with Crippen molar-refractivity contribution >= 4 is 28.7 Å². The number of esters is 1. The standard InChI is InChI=1S/C24H19N3O4/c1-14-21-18(13-19(25-22(21)31-26-14)15-6-4-3-5-7-15)23(28)27-11-10-16-12-17(24(29)30-2)8-9-20(16)27/h3-9,12-13H,10-11H2,1-2H3. The second kappa shape index (κ2) is 7.36. The minimum Gasteiger partial charge on any atom is -0.465 e. The molecule has 5 rings (SSSR count). The molecule has 2 aromatic heterocycles. The summed E-state index contributed by atoms with van der Waals surface area (Å²) < 4.78 is 10.2. The van der Waals surface area contributed by atoms with Gasteiger partial charge in [-0.2, -0.15) is 0 Å². The van der Waals surface area contributed by atoms with Gasteiger partial charge in [-0.3, -0.25) is 4.79 Å².